The van der Waals surface area contributed by atoms with Crippen LogP contribution in [0.5, 0.6) is 0 Å². The molecule has 6 nitrogen and oxygen atoms in total. The van der Waals surface area contributed by atoms with Crippen LogP contribution >= 0.6 is 12.4 Å². The predicted molar refractivity (Wildman–Crippen MR) is 112 cm³/mol. The number of hydrogen-bond acceptors (Lipinski definition) is 5. The van der Waals surface area contributed by atoms with Gasteiger partial charge in [0.15, 0.2) is 0 Å². The summed E-state index contributed by atoms with van der Waals surface area (Å²) in [5.74, 6) is 1.56. The highest BCUT2D eigenvalue weighted by atomic mass is 35.5. The fourth-order valence-corrected chi connectivity index (χ4v) is 3.72. The van der Waals surface area contributed by atoms with Gasteiger partial charge in [0.05, 0.1) is 0 Å². The molecule has 0 saturated heterocycles. The van der Waals surface area contributed by atoms with Crippen LogP contribution in [0, 0.1) is 0 Å². The van der Waals surface area contributed by atoms with E-state index < -0.39 is 0 Å². The number of amides is 1. The highest BCUT2D eigenvalue weighted by molar-refractivity contribution is 5.95. The van der Waals surface area contributed by atoms with E-state index in [0.717, 1.165) is 31.4 Å². The lowest BCUT2D eigenvalue weighted by molar-refractivity contribution is 0.0949. The van der Waals surface area contributed by atoms with E-state index in [9.17, 15) is 4.79 Å². The summed E-state index contributed by atoms with van der Waals surface area (Å²) in [7, 11) is 0. The zero-order valence-corrected chi connectivity index (χ0v) is 16.7. The second-order valence-corrected chi connectivity index (χ2v) is 7.48. The van der Waals surface area contributed by atoms with E-state index in [1.54, 1.807) is 0 Å². The maximum atomic E-state index is 12.7. The summed E-state index contributed by atoms with van der Waals surface area (Å²) < 4.78 is 5.33. The number of benzene rings is 2. The third-order valence-corrected chi connectivity index (χ3v) is 5.43. The topological polar surface area (TPSA) is 80.0 Å². The van der Waals surface area contributed by atoms with Crippen molar-refractivity contribution in [3.8, 4) is 11.4 Å². The van der Waals surface area contributed by atoms with E-state index in [1.807, 2.05) is 30.3 Å². The van der Waals surface area contributed by atoms with Crippen LogP contribution < -0.4 is 10.6 Å². The maximum absolute atomic E-state index is 12.7. The van der Waals surface area contributed by atoms with E-state index in [2.05, 4.69) is 39.0 Å². The van der Waals surface area contributed by atoms with E-state index in [4.69, 9.17) is 4.52 Å². The van der Waals surface area contributed by atoms with Gasteiger partial charge in [0.25, 0.3) is 5.91 Å². The molecule has 0 radical (unpaired) electrons. The van der Waals surface area contributed by atoms with Gasteiger partial charge in [0.1, 0.15) is 0 Å². The van der Waals surface area contributed by atoms with Gasteiger partial charge in [-0.1, -0.05) is 41.6 Å². The Bertz CT molecular complexity index is 1020. The molecule has 7 heteroatoms. The molecule has 2 aromatic carbocycles. The van der Waals surface area contributed by atoms with Crippen molar-refractivity contribution in [3.63, 3.8) is 0 Å². The summed E-state index contributed by atoms with van der Waals surface area (Å²) >= 11 is 0. The summed E-state index contributed by atoms with van der Waals surface area (Å²) in [4.78, 5) is 17.2. The van der Waals surface area contributed by atoms with E-state index in [0.29, 0.717) is 29.7 Å². The molecule has 1 fully saturated rings. The standard InChI is InChI=1S/C22H22N4O2.ClH/c27-21(24-13-19-18-7-2-1-4-14(18)10-11-23-19)17-6-3-5-16(12-17)20-25-22(28-26-20)15-8-9-15;/h1-7,12,15,19,23H,8-11,13H2,(H,24,27);1H. The van der Waals surface area contributed by atoms with Crippen LogP contribution in [-0.2, 0) is 6.42 Å². The molecule has 1 atom stereocenters. The molecule has 1 amide bonds. The van der Waals surface area contributed by atoms with Crippen LogP contribution in [0.2, 0.25) is 0 Å². The van der Waals surface area contributed by atoms with Crippen molar-refractivity contribution in [2.75, 3.05) is 13.1 Å². The van der Waals surface area contributed by atoms with Crippen LogP contribution in [-0.4, -0.2) is 29.1 Å². The maximum Gasteiger partial charge on any atom is 0.251 e. The molecule has 3 aromatic rings. The number of aromatic nitrogens is 2. The van der Waals surface area contributed by atoms with Crippen LogP contribution in [0.15, 0.2) is 53.1 Å². The number of rotatable bonds is 5. The Morgan fingerprint density at radius 3 is 2.90 bits per heavy atom. The molecule has 1 aliphatic heterocycles. The largest absolute Gasteiger partial charge is 0.350 e. The number of carbonyl (C=O) groups excluding carboxylic acids is 1. The zero-order chi connectivity index (χ0) is 18.9. The minimum absolute atomic E-state index is 0. The quantitative estimate of drug-likeness (QED) is 0.671. The molecule has 2 N–H and O–H groups in total. The number of halogens is 1. The van der Waals surface area contributed by atoms with Gasteiger partial charge in [-0.05, 0) is 49.1 Å². The van der Waals surface area contributed by atoms with Gasteiger partial charge in [-0.3, -0.25) is 4.79 Å². The normalized spacial score (nSPS) is 17.9. The van der Waals surface area contributed by atoms with Crippen LogP contribution in [0.4, 0.5) is 0 Å². The smallest absolute Gasteiger partial charge is 0.251 e. The van der Waals surface area contributed by atoms with Crippen molar-refractivity contribution >= 4 is 18.3 Å². The summed E-state index contributed by atoms with van der Waals surface area (Å²) in [6, 6.07) is 15.9. The fraction of sp³-hybridized carbons (Fsp3) is 0.318. The first kappa shape index (κ1) is 19.6. The van der Waals surface area contributed by atoms with Crippen molar-refractivity contribution in [3.05, 3.63) is 71.1 Å². The van der Waals surface area contributed by atoms with Gasteiger partial charge in [-0.25, -0.2) is 0 Å². The third kappa shape index (κ3) is 4.18. The van der Waals surface area contributed by atoms with Crippen molar-refractivity contribution in [2.45, 2.75) is 31.2 Å². The molecule has 2 aliphatic rings. The molecule has 0 bridgehead atoms. The minimum atomic E-state index is -0.0994. The lowest BCUT2D eigenvalue weighted by Crippen LogP contribution is -2.38. The Morgan fingerprint density at radius 1 is 1.17 bits per heavy atom. The molecule has 0 spiro atoms. The van der Waals surface area contributed by atoms with Crippen LogP contribution in [0.3, 0.4) is 0 Å². The summed E-state index contributed by atoms with van der Waals surface area (Å²) in [6.45, 7) is 1.47. The molecule has 29 heavy (non-hydrogen) atoms. The molecular weight excluding hydrogens is 388 g/mol. The number of nitrogens with zero attached hydrogens (tertiary/aromatic N) is 2. The predicted octanol–water partition coefficient (Wildman–Crippen LogP) is 3.65. The number of carbonyl (C=O) groups is 1. The van der Waals surface area contributed by atoms with Crippen molar-refractivity contribution < 1.29 is 9.32 Å². The second kappa shape index (κ2) is 8.35. The van der Waals surface area contributed by atoms with E-state index in [-0.39, 0.29) is 24.4 Å². The number of nitrogens with one attached hydrogen (secondary N) is 2. The highest BCUT2D eigenvalue weighted by Gasteiger charge is 2.29. The Hall–Kier alpha value is -2.70. The van der Waals surface area contributed by atoms with E-state index >= 15 is 0 Å². The molecule has 1 saturated carbocycles. The van der Waals surface area contributed by atoms with Gasteiger partial charge in [-0.2, -0.15) is 4.98 Å². The molecule has 5 rings (SSSR count). The van der Waals surface area contributed by atoms with Gasteiger partial charge < -0.3 is 15.2 Å². The molecule has 150 valence electrons. The summed E-state index contributed by atoms with van der Waals surface area (Å²) in [5, 5.41) is 10.6. The first-order chi connectivity index (χ1) is 13.8. The zero-order valence-electron chi connectivity index (χ0n) is 15.9. The average molecular weight is 411 g/mol. The molecular formula is C22H23ClN4O2. The number of hydrogen-bond donors (Lipinski definition) is 2. The van der Waals surface area contributed by atoms with Crippen molar-refractivity contribution in [2.24, 2.45) is 0 Å². The average Bonchev–Trinajstić information content (AvgIpc) is 3.48. The minimum Gasteiger partial charge on any atom is -0.350 e. The van der Waals surface area contributed by atoms with Crippen LogP contribution in [0.1, 0.15) is 52.2 Å². The fourth-order valence-electron chi connectivity index (χ4n) is 3.72. The first-order valence-electron chi connectivity index (χ1n) is 9.81. The van der Waals surface area contributed by atoms with Crippen molar-refractivity contribution in [1.29, 1.82) is 0 Å². The summed E-state index contributed by atoms with van der Waals surface area (Å²) in [5.41, 5.74) is 4.01. The lowest BCUT2D eigenvalue weighted by Gasteiger charge is -2.27. The van der Waals surface area contributed by atoms with Crippen LogP contribution in [0.25, 0.3) is 11.4 Å². The molecule has 2 heterocycles. The summed E-state index contributed by atoms with van der Waals surface area (Å²) in [6.07, 6.45) is 3.25. The third-order valence-electron chi connectivity index (χ3n) is 5.43. The van der Waals surface area contributed by atoms with Gasteiger partial charge in [0, 0.05) is 29.6 Å². The van der Waals surface area contributed by atoms with Crippen molar-refractivity contribution in [1.82, 2.24) is 20.8 Å². The van der Waals surface area contributed by atoms with Gasteiger partial charge in [0.2, 0.25) is 11.7 Å². The highest BCUT2D eigenvalue weighted by Crippen LogP contribution is 2.39. The Labute approximate surface area is 175 Å². The van der Waals surface area contributed by atoms with E-state index in [1.165, 1.54) is 11.1 Å². The molecule has 1 unspecified atom stereocenters. The number of fused-ring (bicyclic) bond motifs is 1. The molecule has 1 aliphatic carbocycles. The Kier molecular flexibility index (Phi) is 5.65. The Balaban J connectivity index is 0.00000205. The second-order valence-electron chi connectivity index (χ2n) is 7.48. The Morgan fingerprint density at radius 2 is 2.03 bits per heavy atom. The monoisotopic (exact) mass is 410 g/mol. The van der Waals surface area contributed by atoms with Gasteiger partial charge >= 0.3 is 0 Å². The first-order valence-corrected chi connectivity index (χ1v) is 9.81. The lowest BCUT2D eigenvalue weighted by atomic mass is 9.94. The molecule has 1 aromatic heterocycles. The SMILES string of the molecule is Cl.O=C(NCC1NCCc2ccccc21)c1cccc(-c2noc(C3CC3)n2)c1. The van der Waals surface area contributed by atoms with Gasteiger partial charge in [-0.15, -0.1) is 12.4 Å².